The van der Waals surface area contributed by atoms with E-state index in [0.717, 1.165) is 59.8 Å². The molecule has 0 radical (unpaired) electrons. The van der Waals surface area contributed by atoms with Gasteiger partial charge >= 0.3 is 0 Å². The van der Waals surface area contributed by atoms with Crippen molar-refractivity contribution in [1.29, 1.82) is 0 Å². The highest BCUT2D eigenvalue weighted by Crippen LogP contribution is 2.25. The molecule has 1 aliphatic heterocycles. The summed E-state index contributed by atoms with van der Waals surface area (Å²) in [6.07, 6.45) is 5.08. The molecule has 1 amide bonds. The maximum Gasteiger partial charge on any atom is 0.261 e. The molecule has 1 fully saturated rings. The first-order valence-electron chi connectivity index (χ1n) is 11.3. The first kappa shape index (κ1) is 22.2. The van der Waals surface area contributed by atoms with Crippen molar-refractivity contribution in [3.63, 3.8) is 0 Å². The molecule has 3 N–H and O–H groups in total. The van der Waals surface area contributed by atoms with Crippen LogP contribution < -0.4 is 16.0 Å². The maximum absolute atomic E-state index is 12.8. The lowest BCUT2D eigenvalue weighted by molar-refractivity contribution is 0.0955. The molecule has 1 aromatic carbocycles. The molecular formula is C25H27N7OS. The van der Waals surface area contributed by atoms with E-state index in [0.29, 0.717) is 12.4 Å². The highest BCUT2D eigenvalue weighted by molar-refractivity contribution is 7.14. The van der Waals surface area contributed by atoms with E-state index in [2.05, 4.69) is 37.0 Å². The van der Waals surface area contributed by atoms with Crippen molar-refractivity contribution < 1.29 is 4.79 Å². The molecule has 3 aromatic heterocycles. The molecule has 5 rings (SSSR count). The van der Waals surface area contributed by atoms with Gasteiger partial charge in [-0.1, -0.05) is 12.1 Å². The second-order valence-corrected chi connectivity index (χ2v) is 9.62. The molecule has 8 nitrogen and oxygen atoms in total. The molecule has 4 aromatic rings. The predicted molar refractivity (Wildman–Crippen MR) is 136 cm³/mol. The smallest absolute Gasteiger partial charge is 0.261 e. The average molecular weight is 474 g/mol. The highest BCUT2D eigenvalue weighted by Gasteiger charge is 2.20. The van der Waals surface area contributed by atoms with Gasteiger partial charge in [-0.3, -0.25) is 9.69 Å². The molecule has 9 heteroatoms. The van der Waals surface area contributed by atoms with Crippen molar-refractivity contribution in [2.24, 2.45) is 0 Å². The number of nitrogens with one attached hydrogen (secondary N) is 1. The van der Waals surface area contributed by atoms with E-state index < -0.39 is 0 Å². The van der Waals surface area contributed by atoms with Gasteiger partial charge in [-0.25, -0.2) is 15.0 Å². The van der Waals surface area contributed by atoms with E-state index >= 15 is 0 Å². The number of thiophene rings is 1. The summed E-state index contributed by atoms with van der Waals surface area (Å²) in [5.74, 6) is 1.46. The molecule has 1 saturated heterocycles. The fraction of sp³-hybridized carbons (Fsp3) is 0.280. The molecule has 0 spiro atoms. The number of nitrogen functional groups attached to an aromatic ring is 1. The number of aryl methyl sites for hydroxylation is 1. The molecule has 174 valence electrons. The quantitative estimate of drug-likeness (QED) is 0.443. The Morgan fingerprint density at radius 1 is 1.09 bits per heavy atom. The topological polar surface area (TPSA) is 100 Å². The molecule has 1 aliphatic rings. The van der Waals surface area contributed by atoms with Gasteiger partial charge in [-0.2, -0.15) is 0 Å². The number of piperazine rings is 1. The Balaban J connectivity index is 1.17. The zero-order chi connectivity index (χ0) is 23.5. The van der Waals surface area contributed by atoms with Crippen LogP contribution in [-0.2, 0) is 13.1 Å². The fourth-order valence-electron chi connectivity index (χ4n) is 4.23. The SMILES string of the molecule is Cc1cc(C(=O)NCc2ccc3c(N)nccc3c2)sc1CN1CCN(c2ccncn2)CC1. The monoisotopic (exact) mass is 473 g/mol. The summed E-state index contributed by atoms with van der Waals surface area (Å²) < 4.78 is 0. The largest absolute Gasteiger partial charge is 0.383 e. The van der Waals surface area contributed by atoms with Gasteiger partial charge in [-0.15, -0.1) is 11.3 Å². The lowest BCUT2D eigenvalue weighted by atomic mass is 10.1. The standard InChI is InChI=1S/C25H27N7OS/c1-17-12-21(25(33)29-14-18-2-3-20-19(13-18)4-7-28-24(20)26)34-22(17)15-31-8-10-32(11-9-31)23-5-6-27-16-30-23/h2-7,12-13,16H,8-11,14-15H2,1H3,(H2,26,28)(H,29,33). The van der Waals surface area contributed by atoms with Crippen molar-refractivity contribution in [3.05, 3.63) is 76.0 Å². The van der Waals surface area contributed by atoms with Gasteiger partial charge in [0.05, 0.1) is 4.88 Å². The number of fused-ring (bicyclic) bond motifs is 1. The average Bonchev–Trinajstić information content (AvgIpc) is 3.23. The number of carbonyl (C=O) groups is 1. The van der Waals surface area contributed by atoms with E-state index in [-0.39, 0.29) is 5.91 Å². The molecule has 34 heavy (non-hydrogen) atoms. The number of pyridine rings is 1. The Labute approximate surface area is 202 Å². The second-order valence-electron chi connectivity index (χ2n) is 8.48. The van der Waals surface area contributed by atoms with Crippen LogP contribution in [0.25, 0.3) is 10.8 Å². The Kier molecular flexibility index (Phi) is 6.37. The summed E-state index contributed by atoms with van der Waals surface area (Å²) in [4.78, 5) is 32.0. The summed E-state index contributed by atoms with van der Waals surface area (Å²) in [6, 6.07) is 11.9. The van der Waals surface area contributed by atoms with E-state index in [1.165, 1.54) is 10.4 Å². The van der Waals surface area contributed by atoms with Crippen molar-refractivity contribution in [2.45, 2.75) is 20.0 Å². The minimum atomic E-state index is -0.0396. The zero-order valence-corrected chi connectivity index (χ0v) is 19.9. The molecule has 4 heterocycles. The van der Waals surface area contributed by atoms with E-state index in [4.69, 9.17) is 5.73 Å². The van der Waals surface area contributed by atoms with Crippen LogP contribution in [0.2, 0.25) is 0 Å². The molecule has 0 bridgehead atoms. The van der Waals surface area contributed by atoms with Crippen molar-refractivity contribution in [2.75, 3.05) is 36.8 Å². The van der Waals surface area contributed by atoms with Crippen LogP contribution in [0.3, 0.4) is 0 Å². The highest BCUT2D eigenvalue weighted by atomic mass is 32.1. The van der Waals surface area contributed by atoms with Crippen LogP contribution in [0.15, 0.2) is 55.1 Å². The molecular weight excluding hydrogens is 446 g/mol. The Morgan fingerprint density at radius 2 is 1.94 bits per heavy atom. The number of hydrogen-bond donors (Lipinski definition) is 2. The molecule has 0 aliphatic carbocycles. The van der Waals surface area contributed by atoms with Crippen LogP contribution >= 0.6 is 11.3 Å². The third kappa shape index (κ3) is 4.85. The van der Waals surface area contributed by atoms with Crippen LogP contribution in [-0.4, -0.2) is 51.9 Å². The van der Waals surface area contributed by atoms with E-state index in [1.807, 2.05) is 36.4 Å². The van der Waals surface area contributed by atoms with Crippen molar-refractivity contribution >= 4 is 39.7 Å². The summed E-state index contributed by atoms with van der Waals surface area (Å²) in [5, 5.41) is 5.00. The minimum Gasteiger partial charge on any atom is -0.383 e. The normalized spacial score (nSPS) is 14.4. The fourth-order valence-corrected chi connectivity index (χ4v) is 5.36. The van der Waals surface area contributed by atoms with Gasteiger partial charge in [0.1, 0.15) is 18.0 Å². The molecule has 0 saturated carbocycles. The van der Waals surface area contributed by atoms with Crippen LogP contribution in [0.1, 0.15) is 25.7 Å². The van der Waals surface area contributed by atoms with Gasteiger partial charge in [0.25, 0.3) is 5.91 Å². The van der Waals surface area contributed by atoms with Gasteiger partial charge in [-0.05, 0) is 47.7 Å². The second kappa shape index (κ2) is 9.74. The number of rotatable bonds is 6. The summed E-state index contributed by atoms with van der Waals surface area (Å²) >= 11 is 1.59. The molecule has 0 atom stereocenters. The number of carbonyl (C=O) groups excluding carboxylic acids is 1. The first-order chi connectivity index (χ1) is 16.6. The third-order valence-corrected chi connectivity index (χ3v) is 7.41. The number of aromatic nitrogens is 3. The van der Waals surface area contributed by atoms with Crippen LogP contribution in [0.4, 0.5) is 11.6 Å². The van der Waals surface area contributed by atoms with Crippen LogP contribution in [0.5, 0.6) is 0 Å². The Morgan fingerprint density at radius 3 is 2.74 bits per heavy atom. The van der Waals surface area contributed by atoms with Gasteiger partial charge < -0.3 is 16.0 Å². The van der Waals surface area contributed by atoms with Gasteiger partial charge in [0.15, 0.2) is 0 Å². The maximum atomic E-state index is 12.8. The van der Waals surface area contributed by atoms with E-state index in [1.54, 1.807) is 30.1 Å². The predicted octanol–water partition coefficient (Wildman–Crippen LogP) is 3.23. The Bertz CT molecular complexity index is 1300. The number of nitrogens with two attached hydrogens (primary N) is 1. The summed E-state index contributed by atoms with van der Waals surface area (Å²) in [6.45, 7) is 7.21. The van der Waals surface area contributed by atoms with Crippen molar-refractivity contribution in [1.82, 2.24) is 25.2 Å². The van der Waals surface area contributed by atoms with E-state index in [9.17, 15) is 4.79 Å². The van der Waals surface area contributed by atoms with Gasteiger partial charge in [0.2, 0.25) is 0 Å². The van der Waals surface area contributed by atoms with Crippen LogP contribution in [0, 0.1) is 6.92 Å². The van der Waals surface area contributed by atoms with Crippen molar-refractivity contribution in [3.8, 4) is 0 Å². The minimum absolute atomic E-state index is 0.0396. The molecule has 0 unspecified atom stereocenters. The lowest BCUT2D eigenvalue weighted by Gasteiger charge is -2.35. The number of nitrogens with zero attached hydrogens (tertiary/aromatic N) is 5. The number of benzene rings is 1. The number of amides is 1. The lowest BCUT2D eigenvalue weighted by Crippen LogP contribution is -2.46. The summed E-state index contributed by atoms with van der Waals surface area (Å²) in [5.41, 5.74) is 8.13. The Hall–Kier alpha value is -3.56. The number of anilines is 2. The number of hydrogen-bond acceptors (Lipinski definition) is 8. The first-order valence-corrected chi connectivity index (χ1v) is 12.1. The summed E-state index contributed by atoms with van der Waals surface area (Å²) in [7, 11) is 0. The third-order valence-electron chi connectivity index (χ3n) is 6.19. The van der Waals surface area contributed by atoms with Gasteiger partial charge in [0, 0.05) is 61.9 Å². The zero-order valence-electron chi connectivity index (χ0n) is 19.1.